The van der Waals surface area contributed by atoms with E-state index in [9.17, 15) is 0 Å². The van der Waals surface area contributed by atoms with Gasteiger partial charge in [0.25, 0.3) is 0 Å². The van der Waals surface area contributed by atoms with Crippen molar-refractivity contribution in [3.63, 3.8) is 0 Å². The lowest BCUT2D eigenvalue weighted by Crippen LogP contribution is -2.12. The summed E-state index contributed by atoms with van der Waals surface area (Å²) in [7, 11) is 1.89. The third-order valence-electron chi connectivity index (χ3n) is 4.57. The summed E-state index contributed by atoms with van der Waals surface area (Å²) in [5.74, 6) is 1.32. The molecule has 0 radical (unpaired) electrons. The monoisotopic (exact) mass is 363 g/mol. The van der Waals surface area contributed by atoms with Gasteiger partial charge in [-0.15, -0.1) is 11.3 Å². The van der Waals surface area contributed by atoms with Crippen LogP contribution in [0.3, 0.4) is 0 Å². The first-order valence-corrected chi connectivity index (χ1v) is 9.54. The number of anilines is 1. The minimum absolute atomic E-state index is 0.0366. The van der Waals surface area contributed by atoms with Gasteiger partial charge in [-0.1, -0.05) is 44.2 Å². The quantitative estimate of drug-likeness (QED) is 0.556. The Morgan fingerprint density at radius 1 is 1.04 bits per heavy atom. The summed E-state index contributed by atoms with van der Waals surface area (Å²) >= 11 is 1.74. The number of hydrogen-bond acceptors (Lipinski definition) is 5. The SMILES string of the molecule is CC(C)c1ccc(C(Nc2ncnc3c2cnn3C)c2cccs2)cc1. The van der Waals surface area contributed by atoms with Crippen molar-refractivity contribution in [2.75, 3.05) is 5.32 Å². The van der Waals surface area contributed by atoms with Gasteiger partial charge in [0.15, 0.2) is 5.65 Å². The average Bonchev–Trinajstić information content (AvgIpc) is 3.31. The molecule has 3 aromatic heterocycles. The van der Waals surface area contributed by atoms with E-state index in [2.05, 4.69) is 76.0 Å². The lowest BCUT2D eigenvalue weighted by Gasteiger charge is -2.20. The van der Waals surface area contributed by atoms with Crippen molar-refractivity contribution >= 4 is 28.2 Å². The second-order valence-electron chi connectivity index (χ2n) is 6.64. The normalized spacial score (nSPS) is 12.6. The summed E-state index contributed by atoms with van der Waals surface area (Å²) in [5, 5.41) is 10.9. The predicted octanol–water partition coefficient (Wildman–Crippen LogP) is 4.75. The van der Waals surface area contributed by atoms with Crippen LogP contribution in [-0.4, -0.2) is 19.7 Å². The van der Waals surface area contributed by atoms with E-state index in [0.29, 0.717) is 5.92 Å². The van der Waals surface area contributed by atoms with Crippen molar-refractivity contribution < 1.29 is 0 Å². The Hall–Kier alpha value is -2.73. The number of aryl methyl sites for hydroxylation is 1. The highest BCUT2D eigenvalue weighted by molar-refractivity contribution is 7.10. The molecular formula is C20H21N5S. The van der Waals surface area contributed by atoms with Crippen molar-refractivity contribution in [2.24, 2.45) is 7.05 Å². The van der Waals surface area contributed by atoms with Gasteiger partial charge in [0.1, 0.15) is 12.1 Å². The highest BCUT2D eigenvalue weighted by Crippen LogP contribution is 2.32. The van der Waals surface area contributed by atoms with Gasteiger partial charge in [0.2, 0.25) is 0 Å². The van der Waals surface area contributed by atoms with E-state index in [1.165, 1.54) is 16.0 Å². The maximum Gasteiger partial charge on any atom is 0.163 e. The summed E-state index contributed by atoms with van der Waals surface area (Å²) < 4.78 is 1.76. The van der Waals surface area contributed by atoms with Crippen LogP contribution < -0.4 is 5.32 Å². The Morgan fingerprint density at radius 2 is 1.81 bits per heavy atom. The van der Waals surface area contributed by atoms with Crippen LogP contribution >= 0.6 is 11.3 Å². The molecule has 132 valence electrons. The van der Waals surface area contributed by atoms with E-state index in [1.807, 2.05) is 13.2 Å². The van der Waals surface area contributed by atoms with Crippen molar-refractivity contribution in [1.82, 2.24) is 19.7 Å². The molecule has 1 unspecified atom stereocenters. The summed E-state index contributed by atoms with van der Waals surface area (Å²) in [4.78, 5) is 10.0. The zero-order chi connectivity index (χ0) is 18.1. The number of benzene rings is 1. The van der Waals surface area contributed by atoms with Crippen molar-refractivity contribution in [1.29, 1.82) is 0 Å². The molecule has 1 aromatic carbocycles. The van der Waals surface area contributed by atoms with E-state index in [4.69, 9.17) is 0 Å². The van der Waals surface area contributed by atoms with Crippen LogP contribution in [0.25, 0.3) is 11.0 Å². The summed E-state index contributed by atoms with van der Waals surface area (Å²) in [6.07, 6.45) is 3.39. The Labute approximate surface area is 156 Å². The standard InChI is InChI=1S/C20H21N5S/c1-13(2)14-6-8-15(9-7-14)18(17-5-4-10-26-17)24-19-16-11-23-25(3)20(16)22-12-21-19/h4-13,18H,1-3H3,(H,21,22,24). The van der Waals surface area contributed by atoms with Crippen LogP contribution in [0.1, 0.15) is 41.8 Å². The Kier molecular flexibility index (Phi) is 4.42. The van der Waals surface area contributed by atoms with Crippen LogP contribution in [0.4, 0.5) is 5.82 Å². The molecule has 26 heavy (non-hydrogen) atoms. The third-order valence-corrected chi connectivity index (χ3v) is 5.51. The van der Waals surface area contributed by atoms with E-state index < -0.39 is 0 Å². The fourth-order valence-corrected chi connectivity index (χ4v) is 3.86. The van der Waals surface area contributed by atoms with Crippen molar-refractivity contribution in [3.8, 4) is 0 Å². The molecule has 4 aromatic rings. The zero-order valence-electron chi connectivity index (χ0n) is 15.0. The lowest BCUT2D eigenvalue weighted by molar-refractivity contribution is 0.785. The minimum Gasteiger partial charge on any atom is -0.358 e. The number of fused-ring (bicyclic) bond motifs is 1. The number of nitrogens with one attached hydrogen (secondary N) is 1. The zero-order valence-corrected chi connectivity index (χ0v) is 15.9. The van der Waals surface area contributed by atoms with Gasteiger partial charge in [-0.3, -0.25) is 4.68 Å². The first-order valence-electron chi connectivity index (χ1n) is 8.66. The predicted molar refractivity (Wildman–Crippen MR) is 107 cm³/mol. The Balaban J connectivity index is 1.74. The molecular weight excluding hydrogens is 342 g/mol. The van der Waals surface area contributed by atoms with Gasteiger partial charge >= 0.3 is 0 Å². The second-order valence-corrected chi connectivity index (χ2v) is 7.62. The topological polar surface area (TPSA) is 55.6 Å². The van der Waals surface area contributed by atoms with Crippen LogP contribution in [0, 0.1) is 0 Å². The summed E-state index contributed by atoms with van der Waals surface area (Å²) in [6, 6.07) is 13.1. The third kappa shape index (κ3) is 3.08. The highest BCUT2D eigenvalue weighted by atomic mass is 32.1. The van der Waals surface area contributed by atoms with Crippen LogP contribution in [0.5, 0.6) is 0 Å². The van der Waals surface area contributed by atoms with Crippen LogP contribution in [-0.2, 0) is 7.05 Å². The maximum absolute atomic E-state index is 4.47. The largest absolute Gasteiger partial charge is 0.358 e. The molecule has 4 rings (SSSR count). The number of thiophene rings is 1. The van der Waals surface area contributed by atoms with Gasteiger partial charge in [-0.05, 0) is 28.5 Å². The molecule has 1 N–H and O–H groups in total. The van der Waals surface area contributed by atoms with E-state index in [0.717, 1.165) is 16.9 Å². The molecule has 0 aliphatic heterocycles. The second kappa shape index (κ2) is 6.88. The average molecular weight is 363 g/mol. The molecule has 0 aliphatic carbocycles. The van der Waals surface area contributed by atoms with Crippen LogP contribution in [0.15, 0.2) is 54.3 Å². The molecule has 5 nitrogen and oxygen atoms in total. The Bertz CT molecular complexity index is 1000. The fourth-order valence-electron chi connectivity index (χ4n) is 3.06. The summed E-state index contributed by atoms with van der Waals surface area (Å²) in [5.41, 5.74) is 3.38. The molecule has 0 aliphatic rings. The van der Waals surface area contributed by atoms with Gasteiger partial charge in [0, 0.05) is 11.9 Å². The summed E-state index contributed by atoms with van der Waals surface area (Å²) in [6.45, 7) is 4.42. The van der Waals surface area contributed by atoms with E-state index in [-0.39, 0.29) is 6.04 Å². The molecule has 0 bridgehead atoms. The number of aromatic nitrogens is 4. The molecule has 0 saturated heterocycles. The van der Waals surface area contributed by atoms with Crippen molar-refractivity contribution in [3.05, 3.63) is 70.3 Å². The van der Waals surface area contributed by atoms with Gasteiger partial charge in [-0.25, -0.2) is 9.97 Å². The van der Waals surface area contributed by atoms with Gasteiger partial charge in [0.05, 0.1) is 17.6 Å². The molecule has 3 heterocycles. The van der Waals surface area contributed by atoms with Gasteiger partial charge < -0.3 is 5.32 Å². The molecule has 0 fully saturated rings. The first-order chi connectivity index (χ1) is 12.6. The lowest BCUT2D eigenvalue weighted by atomic mass is 9.98. The smallest absolute Gasteiger partial charge is 0.163 e. The van der Waals surface area contributed by atoms with Crippen LogP contribution in [0.2, 0.25) is 0 Å². The van der Waals surface area contributed by atoms with E-state index >= 15 is 0 Å². The number of hydrogen-bond donors (Lipinski definition) is 1. The van der Waals surface area contributed by atoms with Crippen molar-refractivity contribution in [2.45, 2.75) is 25.8 Å². The Morgan fingerprint density at radius 3 is 2.50 bits per heavy atom. The molecule has 0 spiro atoms. The maximum atomic E-state index is 4.47. The molecule has 6 heteroatoms. The van der Waals surface area contributed by atoms with Gasteiger partial charge in [-0.2, -0.15) is 5.10 Å². The first kappa shape index (κ1) is 16.7. The minimum atomic E-state index is 0.0366. The number of rotatable bonds is 5. The van der Waals surface area contributed by atoms with E-state index in [1.54, 1.807) is 22.3 Å². The number of nitrogens with zero attached hydrogens (tertiary/aromatic N) is 4. The highest BCUT2D eigenvalue weighted by Gasteiger charge is 2.18. The fraction of sp³-hybridized carbons (Fsp3) is 0.250. The molecule has 1 atom stereocenters. The molecule has 0 amide bonds. The molecule has 0 saturated carbocycles.